The van der Waals surface area contributed by atoms with E-state index in [1.54, 1.807) is 13.8 Å². The second-order valence-electron chi connectivity index (χ2n) is 6.33. The van der Waals surface area contributed by atoms with E-state index < -0.39 is 11.6 Å². The number of aromatic nitrogens is 1. The molecule has 0 saturated heterocycles. The molecule has 1 amide bonds. The van der Waals surface area contributed by atoms with Crippen molar-refractivity contribution in [3.05, 3.63) is 45.4 Å². The molecule has 0 aliphatic heterocycles. The van der Waals surface area contributed by atoms with E-state index in [2.05, 4.69) is 4.98 Å². The van der Waals surface area contributed by atoms with E-state index in [1.807, 2.05) is 20.8 Å². The molecule has 1 aromatic heterocycles. The van der Waals surface area contributed by atoms with Gasteiger partial charge < -0.3 is 4.90 Å². The van der Waals surface area contributed by atoms with Gasteiger partial charge in [0.2, 0.25) is 0 Å². The molecular weight excluding hydrogens is 318 g/mol. The zero-order chi connectivity index (χ0) is 17.4. The highest BCUT2D eigenvalue weighted by atomic mass is 32.1. The molecule has 1 heterocycles. The third-order valence-electron chi connectivity index (χ3n) is 3.41. The van der Waals surface area contributed by atoms with Gasteiger partial charge >= 0.3 is 0 Å². The van der Waals surface area contributed by atoms with Crippen LogP contribution < -0.4 is 4.90 Å². The fraction of sp³-hybridized carbons (Fsp3) is 0.412. The predicted octanol–water partition coefficient (Wildman–Crippen LogP) is 4.69. The van der Waals surface area contributed by atoms with E-state index in [9.17, 15) is 13.6 Å². The fourth-order valence-corrected chi connectivity index (χ4v) is 3.21. The van der Waals surface area contributed by atoms with Crippen molar-refractivity contribution in [3.8, 4) is 0 Å². The Labute approximate surface area is 139 Å². The lowest BCUT2D eigenvalue weighted by atomic mass is 9.98. The van der Waals surface area contributed by atoms with Crippen LogP contribution in [0, 0.1) is 18.6 Å². The van der Waals surface area contributed by atoms with Gasteiger partial charge in [-0.25, -0.2) is 13.8 Å². The zero-order valence-electron chi connectivity index (χ0n) is 13.9. The van der Waals surface area contributed by atoms with Crippen molar-refractivity contribution < 1.29 is 13.6 Å². The number of carbonyl (C=O) groups excluding carboxylic acids is 1. The Bertz CT molecular complexity index is 735. The van der Waals surface area contributed by atoms with Gasteiger partial charge in [-0.15, -0.1) is 11.3 Å². The molecule has 0 saturated carbocycles. The van der Waals surface area contributed by atoms with E-state index in [1.165, 1.54) is 22.3 Å². The summed E-state index contributed by atoms with van der Waals surface area (Å²) in [4.78, 5) is 19.3. The molecule has 3 nitrogen and oxygen atoms in total. The number of carbonyl (C=O) groups is 1. The van der Waals surface area contributed by atoms with Crippen molar-refractivity contribution in [1.82, 2.24) is 4.98 Å². The van der Waals surface area contributed by atoms with Gasteiger partial charge in [0.15, 0.2) is 11.6 Å². The Morgan fingerprint density at radius 3 is 2.39 bits per heavy atom. The normalized spacial score (nSPS) is 11.6. The number of benzene rings is 1. The lowest BCUT2D eigenvalue weighted by Gasteiger charge is -2.20. The Hall–Kier alpha value is -1.82. The molecule has 0 spiro atoms. The maximum absolute atomic E-state index is 13.5. The van der Waals surface area contributed by atoms with E-state index in [-0.39, 0.29) is 11.3 Å². The van der Waals surface area contributed by atoms with Crippen molar-refractivity contribution in [3.63, 3.8) is 0 Å². The number of aryl methyl sites for hydroxylation is 1. The molecule has 0 atom stereocenters. The van der Waals surface area contributed by atoms with Crippen molar-refractivity contribution in [2.24, 2.45) is 0 Å². The van der Waals surface area contributed by atoms with Crippen molar-refractivity contribution in [1.29, 1.82) is 0 Å². The zero-order valence-corrected chi connectivity index (χ0v) is 14.7. The van der Waals surface area contributed by atoms with E-state index >= 15 is 0 Å². The summed E-state index contributed by atoms with van der Waals surface area (Å²) in [6.07, 6.45) is 0. The average molecular weight is 338 g/mol. The second kappa shape index (κ2) is 6.35. The summed E-state index contributed by atoms with van der Waals surface area (Å²) >= 11 is 1.35. The molecule has 0 N–H and O–H groups in total. The van der Waals surface area contributed by atoms with Gasteiger partial charge in [0.05, 0.1) is 10.7 Å². The minimum atomic E-state index is -0.967. The van der Waals surface area contributed by atoms with Crippen molar-refractivity contribution in [2.45, 2.75) is 40.0 Å². The van der Waals surface area contributed by atoms with Crippen LogP contribution in [0.15, 0.2) is 18.2 Å². The topological polar surface area (TPSA) is 33.2 Å². The molecule has 0 unspecified atom stereocenters. The second-order valence-corrected chi connectivity index (χ2v) is 7.33. The van der Waals surface area contributed by atoms with Crippen LogP contribution in [-0.4, -0.2) is 17.4 Å². The number of nitrogens with zero attached hydrogens (tertiary/aromatic N) is 2. The first-order valence-electron chi connectivity index (χ1n) is 7.40. The quantitative estimate of drug-likeness (QED) is 0.813. The number of amides is 1. The van der Waals surface area contributed by atoms with Crippen LogP contribution in [0.5, 0.6) is 0 Å². The summed E-state index contributed by atoms with van der Waals surface area (Å²) in [5, 5.41) is 0.875. The largest absolute Gasteiger partial charge is 0.308 e. The lowest BCUT2D eigenvalue weighted by Crippen LogP contribution is -2.30. The molecule has 0 aliphatic rings. The molecule has 1 aromatic carbocycles. The van der Waals surface area contributed by atoms with E-state index in [0.29, 0.717) is 22.8 Å². The minimum absolute atomic E-state index is 0.146. The molecule has 23 heavy (non-hydrogen) atoms. The van der Waals surface area contributed by atoms with Gasteiger partial charge in [0.25, 0.3) is 5.91 Å². The SMILES string of the molecule is CCN(C(=O)c1sc(C(C)(C)C)nc1C)c1ccc(F)c(F)c1. The maximum Gasteiger partial charge on any atom is 0.270 e. The maximum atomic E-state index is 13.5. The number of halogens is 2. The molecule has 2 aromatic rings. The molecular formula is C17H20F2N2OS. The van der Waals surface area contributed by atoms with Gasteiger partial charge in [-0.3, -0.25) is 4.79 Å². The number of hydrogen-bond acceptors (Lipinski definition) is 3. The molecule has 6 heteroatoms. The van der Waals surface area contributed by atoms with Crippen LogP contribution in [0.1, 0.15) is 48.1 Å². The fourth-order valence-electron chi connectivity index (χ4n) is 2.13. The Morgan fingerprint density at radius 1 is 1.26 bits per heavy atom. The van der Waals surface area contributed by atoms with Crippen LogP contribution in [0.4, 0.5) is 14.5 Å². The predicted molar refractivity (Wildman–Crippen MR) is 89.3 cm³/mol. The number of thiazole rings is 1. The molecule has 0 bridgehead atoms. The third-order valence-corrected chi connectivity index (χ3v) is 4.98. The summed E-state index contributed by atoms with van der Waals surface area (Å²) in [7, 11) is 0. The highest BCUT2D eigenvalue weighted by Crippen LogP contribution is 2.31. The van der Waals surface area contributed by atoms with Gasteiger partial charge in [0.1, 0.15) is 4.88 Å². The van der Waals surface area contributed by atoms with E-state index in [0.717, 1.165) is 17.1 Å². The van der Waals surface area contributed by atoms with Crippen LogP contribution in [0.3, 0.4) is 0 Å². The molecule has 0 fully saturated rings. The first kappa shape index (κ1) is 17.5. The highest BCUT2D eigenvalue weighted by Gasteiger charge is 2.26. The van der Waals surface area contributed by atoms with Gasteiger partial charge in [0, 0.05) is 23.7 Å². The molecule has 0 aliphatic carbocycles. The van der Waals surface area contributed by atoms with Crippen LogP contribution in [-0.2, 0) is 5.41 Å². The standard InChI is InChI=1S/C17H20F2N2OS/c1-6-21(11-7-8-12(18)13(19)9-11)15(22)14-10(2)20-16(23-14)17(3,4)5/h7-9H,6H2,1-5H3. The summed E-state index contributed by atoms with van der Waals surface area (Å²) < 4.78 is 26.6. The monoisotopic (exact) mass is 338 g/mol. The third kappa shape index (κ3) is 3.58. The lowest BCUT2D eigenvalue weighted by molar-refractivity contribution is 0.0991. The summed E-state index contributed by atoms with van der Waals surface area (Å²) in [5.41, 5.74) is 0.847. The highest BCUT2D eigenvalue weighted by molar-refractivity contribution is 7.14. The summed E-state index contributed by atoms with van der Waals surface area (Å²) in [5.74, 6) is -2.14. The summed E-state index contributed by atoms with van der Waals surface area (Å²) in [6, 6.07) is 3.47. The van der Waals surface area contributed by atoms with Crippen LogP contribution in [0.2, 0.25) is 0 Å². The van der Waals surface area contributed by atoms with E-state index in [4.69, 9.17) is 0 Å². The first-order valence-corrected chi connectivity index (χ1v) is 8.21. The van der Waals surface area contributed by atoms with Crippen molar-refractivity contribution >= 4 is 22.9 Å². The van der Waals surface area contributed by atoms with Crippen LogP contribution in [0.25, 0.3) is 0 Å². The van der Waals surface area contributed by atoms with Crippen molar-refractivity contribution in [2.75, 3.05) is 11.4 Å². The number of anilines is 1. The number of hydrogen-bond donors (Lipinski definition) is 0. The minimum Gasteiger partial charge on any atom is -0.308 e. The smallest absolute Gasteiger partial charge is 0.270 e. The van der Waals surface area contributed by atoms with Crippen LogP contribution >= 0.6 is 11.3 Å². The Kier molecular flexibility index (Phi) is 4.84. The van der Waals surface area contributed by atoms with Gasteiger partial charge in [-0.05, 0) is 26.0 Å². The molecule has 2 rings (SSSR count). The number of rotatable bonds is 3. The van der Waals surface area contributed by atoms with Gasteiger partial charge in [-0.1, -0.05) is 20.8 Å². The summed E-state index contributed by atoms with van der Waals surface area (Å²) in [6.45, 7) is 10.0. The molecule has 124 valence electrons. The average Bonchev–Trinajstić information content (AvgIpc) is 2.85. The Morgan fingerprint density at radius 2 is 1.91 bits per heavy atom. The first-order chi connectivity index (χ1) is 10.6. The molecule has 0 radical (unpaired) electrons. The Balaban J connectivity index is 2.41. The van der Waals surface area contributed by atoms with Gasteiger partial charge in [-0.2, -0.15) is 0 Å².